The number of carbonyl (C=O) groups excluding carboxylic acids is 2. The number of aromatic nitrogens is 2. The third kappa shape index (κ3) is 14.3. The maximum absolute atomic E-state index is 13.6. The van der Waals surface area contributed by atoms with Crippen molar-refractivity contribution in [3.63, 3.8) is 0 Å². The van der Waals surface area contributed by atoms with Gasteiger partial charge in [0.05, 0.1) is 48.5 Å². The molecule has 404 valence electrons. The van der Waals surface area contributed by atoms with Gasteiger partial charge in [0.2, 0.25) is 18.6 Å². The maximum Gasteiger partial charge on any atom is 0.236 e. The van der Waals surface area contributed by atoms with Crippen LogP contribution in [-0.2, 0) is 22.5 Å². The normalized spacial score (nSPS) is 14.0. The average molecular weight is 1050 g/mol. The zero-order valence-electron chi connectivity index (χ0n) is 44.7. The number of aromatic hydroxyl groups is 4. The van der Waals surface area contributed by atoms with Crippen LogP contribution in [0.2, 0.25) is 0 Å². The van der Waals surface area contributed by atoms with Gasteiger partial charge in [-0.1, -0.05) is 57.4 Å². The Balaban J connectivity index is 0.000000197. The molecule has 77 heavy (non-hydrogen) atoms. The molecule has 14 heteroatoms. The Bertz CT molecular complexity index is 3190. The van der Waals surface area contributed by atoms with E-state index in [-0.39, 0.29) is 54.4 Å². The average Bonchev–Trinajstić information content (AvgIpc) is 3.82. The van der Waals surface area contributed by atoms with E-state index in [1.165, 1.54) is 32.1 Å². The highest BCUT2D eigenvalue weighted by atomic mass is 16.8. The van der Waals surface area contributed by atoms with Crippen molar-refractivity contribution in [2.24, 2.45) is 0 Å². The number of hydroxylamine groups is 4. The first-order valence-electron chi connectivity index (χ1n) is 27.0. The second-order valence-electron chi connectivity index (χ2n) is 19.3. The molecule has 6 aromatic carbocycles. The summed E-state index contributed by atoms with van der Waals surface area (Å²) in [7, 11) is 0. The quantitative estimate of drug-likeness (QED) is 0.0535. The van der Waals surface area contributed by atoms with Gasteiger partial charge >= 0.3 is 0 Å². The molecule has 0 amide bonds. The summed E-state index contributed by atoms with van der Waals surface area (Å²) in [6.07, 6.45) is 9.70. The van der Waals surface area contributed by atoms with Crippen LogP contribution in [0.25, 0.3) is 44.3 Å². The highest BCUT2D eigenvalue weighted by molar-refractivity contribution is 6.03. The first kappa shape index (κ1) is 55.6. The largest absolute Gasteiger partial charge is 0.508 e. The third-order valence-corrected chi connectivity index (χ3v) is 13.9. The van der Waals surface area contributed by atoms with E-state index >= 15 is 0 Å². The number of ether oxygens (including phenoxy) is 2. The lowest BCUT2D eigenvalue weighted by molar-refractivity contribution is -0.200. The highest BCUT2D eigenvalue weighted by Crippen LogP contribution is 2.38. The molecular weight excluding hydrogens is 973 g/mol. The maximum atomic E-state index is 13.6. The Labute approximate surface area is 451 Å². The summed E-state index contributed by atoms with van der Waals surface area (Å²) in [6, 6.07) is 38.8. The van der Waals surface area contributed by atoms with Gasteiger partial charge in [-0.2, -0.15) is 10.1 Å². The van der Waals surface area contributed by atoms with Gasteiger partial charge in [0.1, 0.15) is 34.5 Å². The summed E-state index contributed by atoms with van der Waals surface area (Å²) in [5.74, 6) is 1.90. The van der Waals surface area contributed by atoms with Crippen LogP contribution in [0.15, 0.2) is 133 Å². The zero-order valence-corrected chi connectivity index (χ0v) is 44.7. The molecule has 0 atom stereocenters. The van der Waals surface area contributed by atoms with Crippen LogP contribution in [-0.4, -0.2) is 97.7 Å². The molecule has 4 heterocycles. The topological polar surface area (TPSA) is 168 Å². The lowest BCUT2D eigenvalue weighted by atomic mass is 10.1. The Morgan fingerprint density at radius 3 is 1.29 bits per heavy atom. The number of carbonyl (C=O) groups is 2. The fourth-order valence-electron chi connectivity index (χ4n) is 10.0. The molecule has 14 nitrogen and oxygen atoms in total. The minimum absolute atomic E-state index is 0.0830. The predicted molar refractivity (Wildman–Crippen MR) is 302 cm³/mol. The van der Waals surface area contributed by atoms with E-state index < -0.39 is 0 Å². The van der Waals surface area contributed by atoms with Crippen LogP contribution in [0.1, 0.15) is 97.1 Å². The number of hydrogen-bond donors (Lipinski definition) is 4. The Hall–Kier alpha value is -7.62. The molecular formula is C63H72N4O10. The number of phenolic OH excluding ortho intramolecular Hbond substituents is 4. The number of benzene rings is 6. The molecule has 0 aliphatic carbocycles. The van der Waals surface area contributed by atoms with Crippen molar-refractivity contribution in [3.8, 4) is 57.0 Å². The van der Waals surface area contributed by atoms with Gasteiger partial charge in [0, 0.05) is 43.4 Å². The molecule has 8 aromatic rings. The Kier molecular flexibility index (Phi) is 19.4. The molecule has 0 unspecified atom stereocenters. The lowest BCUT2D eigenvalue weighted by Gasteiger charge is -2.25. The number of fused-ring (bicyclic) bond motifs is 2. The Morgan fingerprint density at radius 1 is 0.455 bits per heavy atom. The van der Waals surface area contributed by atoms with E-state index in [2.05, 4.69) is 5.06 Å². The van der Waals surface area contributed by atoms with E-state index in [0.717, 1.165) is 118 Å². The summed E-state index contributed by atoms with van der Waals surface area (Å²) in [6.45, 7) is 13.2. The molecule has 2 saturated heterocycles. The van der Waals surface area contributed by atoms with Crippen LogP contribution >= 0.6 is 0 Å². The first-order valence-corrected chi connectivity index (χ1v) is 27.0. The van der Waals surface area contributed by atoms with Crippen molar-refractivity contribution in [2.75, 3.05) is 46.2 Å². The van der Waals surface area contributed by atoms with Gasteiger partial charge < -0.3 is 29.9 Å². The monoisotopic (exact) mass is 1040 g/mol. The molecule has 0 radical (unpaired) electrons. The molecule has 2 aromatic heterocycles. The van der Waals surface area contributed by atoms with Gasteiger partial charge in [-0.05, 0) is 182 Å². The molecule has 2 fully saturated rings. The third-order valence-electron chi connectivity index (χ3n) is 13.9. The number of rotatable bonds is 16. The molecule has 2 aliphatic rings. The van der Waals surface area contributed by atoms with Crippen LogP contribution < -0.4 is 9.47 Å². The minimum atomic E-state index is -0.0926. The molecule has 2 aliphatic heterocycles. The number of aryl methyl sites for hydroxylation is 2. The van der Waals surface area contributed by atoms with Gasteiger partial charge in [-0.15, -0.1) is 0 Å². The van der Waals surface area contributed by atoms with E-state index in [0.29, 0.717) is 19.0 Å². The zero-order chi connectivity index (χ0) is 54.3. The van der Waals surface area contributed by atoms with Crippen molar-refractivity contribution in [3.05, 3.63) is 156 Å². The highest BCUT2D eigenvalue weighted by Gasteiger charge is 2.23. The van der Waals surface area contributed by atoms with Gasteiger partial charge in [0.25, 0.3) is 0 Å². The fourth-order valence-corrected chi connectivity index (χ4v) is 10.0. The van der Waals surface area contributed by atoms with Crippen LogP contribution in [0.3, 0.4) is 0 Å². The second-order valence-corrected chi connectivity index (χ2v) is 19.3. The number of piperidine rings is 1. The molecule has 0 saturated carbocycles. The lowest BCUT2D eigenvalue weighted by Crippen LogP contribution is -2.30. The first-order chi connectivity index (χ1) is 37.5. The molecule has 0 bridgehead atoms. The van der Waals surface area contributed by atoms with Crippen molar-refractivity contribution < 1.29 is 49.2 Å². The number of nitrogens with zero attached hydrogens (tertiary/aromatic N) is 4. The van der Waals surface area contributed by atoms with E-state index in [9.17, 15) is 30.0 Å². The summed E-state index contributed by atoms with van der Waals surface area (Å²) >= 11 is 0. The van der Waals surface area contributed by atoms with E-state index in [1.54, 1.807) is 94.1 Å². The number of phenols is 4. The summed E-state index contributed by atoms with van der Waals surface area (Å²) in [5, 5.41) is 45.3. The number of hydrogen-bond acceptors (Lipinski definition) is 12. The molecule has 0 spiro atoms. The van der Waals surface area contributed by atoms with Crippen molar-refractivity contribution >= 4 is 33.6 Å². The van der Waals surface area contributed by atoms with Crippen LogP contribution in [0, 0.1) is 13.8 Å². The van der Waals surface area contributed by atoms with Gasteiger partial charge in [0.15, 0.2) is 0 Å². The Morgan fingerprint density at radius 2 is 0.844 bits per heavy atom. The second kappa shape index (κ2) is 26.9. The van der Waals surface area contributed by atoms with Gasteiger partial charge in [-0.3, -0.25) is 28.4 Å². The fraction of sp³-hybridized carbons (Fsp3) is 0.333. The van der Waals surface area contributed by atoms with Crippen molar-refractivity contribution in [1.82, 2.24) is 19.3 Å². The van der Waals surface area contributed by atoms with Crippen LogP contribution in [0.4, 0.5) is 0 Å². The van der Waals surface area contributed by atoms with Gasteiger partial charge in [-0.25, -0.2) is 0 Å². The summed E-state index contributed by atoms with van der Waals surface area (Å²) in [5.41, 5.74) is 8.12. The van der Waals surface area contributed by atoms with E-state index in [4.69, 9.17) is 19.1 Å². The van der Waals surface area contributed by atoms with Crippen molar-refractivity contribution in [1.29, 1.82) is 0 Å². The summed E-state index contributed by atoms with van der Waals surface area (Å²) in [4.78, 5) is 38.8. The minimum Gasteiger partial charge on any atom is -0.508 e. The molecule has 10 rings (SSSR count). The standard InChI is InChI=1S/C31H34N2O5.C30H32N2O5.C2H6/c1-22-28-21-26(35)12-15-29(28)33(31(22)24-8-10-25(34)11-9-24)30(36)20-23-6-13-27(14-7-23)37-18-5-19-38-32-16-3-2-4-17-32;1-21-27-19-25(34)12-15-28(27)32(30(21)23-8-10-24(33)11-9-23)29(35)18-22-6-13-26(14-7-22)36-20-37-31-16-4-2-3-5-17-31;1-2/h6-15,21,34-35H,2-5,16-20H2,1H3;6-15,19,33-34H,2-5,16-18,20H2,1H3;1-2H3. The SMILES string of the molecule is CC.Cc1c(-c2ccc(O)cc2)n(C(=O)Cc2ccc(OCCCON3CCCCC3)cc2)c2ccc(O)cc12.Cc1c(-c2ccc(O)cc2)n(C(=O)Cc2ccc(OCON3CCCCCC3)cc2)c2ccc(O)cc12. The van der Waals surface area contributed by atoms with Crippen molar-refractivity contribution in [2.45, 2.75) is 91.9 Å². The predicted octanol–water partition coefficient (Wildman–Crippen LogP) is 13.2. The van der Waals surface area contributed by atoms with E-state index in [1.807, 2.05) is 81.3 Å². The molecule has 4 N–H and O–H groups in total. The van der Waals surface area contributed by atoms with Crippen LogP contribution in [0.5, 0.6) is 34.5 Å². The smallest absolute Gasteiger partial charge is 0.236 e. The summed E-state index contributed by atoms with van der Waals surface area (Å²) < 4.78 is 15.0.